The Morgan fingerprint density at radius 2 is 1.94 bits per heavy atom. The molecule has 1 aliphatic rings. The molecule has 3 heteroatoms. The van der Waals surface area contributed by atoms with Crippen LogP contribution in [0.25, 0.3) is 11.0 Å². The third kappa shape index (κ3) is 2.03. The van der Waals surface area contributed by atoms with Crippen molar-refractivity contribution in [1.82, 2.24) is 0 Å². The lowest BCUT2D eigenvalue weighted by Crippen LogP contribution is -2.02. The maximum absolute atomic E-state index is 13.9. The zero-order chi connectivity index (χ0) is 12.5. The first-order chi connectivity index (χ1) is 8.78. The first-order valence-corrected chi connectivity index (χ1v) is 6.70. The Morgan fingerprint density at radius 3 is 2.67 bits per heavy atom. The van der Waals surface area contributed by atoms with Crippen LogP contribution in [0.2, 0.25) is 0 Å². The number of rotatable bonds is 2. The normalized spacial score (nSPS) is 17.4. The van der Waals surface area contributed by atoms with Gasteiger partial charge in [0.25, 0.3) is 0 Å². The smallest absolute Gasteiger partial charge is 0.169 e. The van der Waals surface area contributed by atoms with Crippen molar-refractivity contribution in [3.05, 3.63) is 35.3 Å². The second-order valence-electron chi connectivity index (χ2n) is 5.18. The van der Waals surface area contributed by atoms with Crippen LogP contribution in [0.5, 0.6) is 0 Å². The van der Waals surface area contributed by atoms with Crippen molar-refractivity contribution in [3.8, 4) is 0 Å². The van der Waals surface area contributed by atoms with E-state index >= 15 is 0 Å². The lowest BCUT2D eigenvalue weighted by molar-refractivity contribution is 0.382. The molecule has 0 atom stereocenters. The molecule has 1 saturated carbocycles. The third-order valence-electron chi connectivity index (χ3n) is 3.89. The Labute approximate surface area is 106 Å². The molecule has 0 amide bonds. The molecule has 3 rings (SSSR count). The Bertz CT molecular complexity index is 555. The minimum Gasteiger partial charge on any atom is -0.458 e. The van der Waals surface area contributed by atoms with E-state index < -0.39 is 0 Å². The molecule has 0 unspecified atom stereocenters. The van der Waals surface area contributed by atoms with Crippen LogP contribution in [0.4, 0.5) is 4.39 Å². The van der Waals surface area contributed by atoms with Crippen LogP contribution >= 0.6 is 0 Å². The van der Waals surface area contributed by atoms with E-state index in [2.05, 4.69) is 0 Å². The number of furan rings is 1. The molecule has 0 spiro atoms. The summed E-state index contributed by atoms with van der Waals surface area (Å²) in [4.78, 5) is 0. The van der Waals surface area contributed by atoms with Crippen LogP contribution in [-0.2, 0) is 6.54 Å². The van der Waals surface area contributed by atoms with Gasteiger partial charge in [0.1, 0.15) is 5.76 Å². The van der Waals surface area contributed by atoms with E-state index in [1.807, 2.05) is 12.1 Å². The van der Waals surface area contributed by atoms with Gasteiger partial charge in [0.15, 0.2) is 11.4 Å². The second-order valence-corrected chi connectivity index (χ2v) is 5.18. The summed E-state index contributed by atoms with van der Waals surface area (Å²) in [5.41, 5.74) is 6.76. The van der Waals surface area contributed by atoms with Crippen molar-refractivity contribution in [2.45, 2.75) is 44.6 Å². The van der Waals surface area contributed by atoms with Gasteiger partial charge in [-0.2, -0.15) is 0 Å². The number of benzene rings is 1. The number of nitrogens with two attached hydrogens (primary N) is 1. The predicted molar refractivity (Wildman–Crippen MR) is 69.9 cm³/mol. The van der Waals surface area contributed by atoms with Gasteiger partial charge in [-0.3, -0.25) is 0 Å². The molecule has 0 bridgehead atoms. The van der Waals surface area contributed by atoms with Crippen molar-refractivity contribution < 1.29 is 8.81 Å². The molecule has 18 heavy (non-hydrogen) atoms. The van der Waals surface area contributed by atoms with Crippen molar-refractivity contribution in [1.29, 1.82) is 0 Å². The van der Waals surface area contributed by atoms with Gasteiger partial charge >= 0.3 is 0 Å². The molecule has 96 valence electrons. The average molecular weight is 247 g/mol. The number of hydrogen-bond acceptors (Lipinski definition) is 2. The Kier molecular flexibility index (Phi) is 3.08. The van der Waals surface area contributed by atoms with Crippen LogP contribution in [0, 0.1) is 5.82 Å². The minimum atomic E-state index is -0.296. The van der Waals surface area contributed by atoms with Gasteiger partial charge in [-0.1, -0.05) is 19.3 Å². The van der Waals surface area contributed by atoms with Crippen LogP contribution in [0.15, 0.2) is 22.6 Å². The number of fused-ring (bicyclic) bond motifs is 1. The lowest BCUT2D eigenvalue weighted by atomic mass is 9.87. The number of hydrogen-bond donors (Lipinski definition) is 1. The summed E-state index contributed by atoms with van der Waals surface area (Å²) in [5, 5.41) is 0.844. The van der Waals surface area contributed by atoms with Gasteiger partial charge in [0.2, 0.25) is 0 Å². The zero-order valence-electron chi connectivity index (χ0n) is 10.4. The van der Waals surface area contributed by atoms with E-state index in [0.29, 0.717) is 18.0 Å². The van der Waals surface area contributed by atoms with Crippen molar-refractivity contribution >= 4 is 11.0 Å². The van der Waals surface area contributed by atoms with Crippen molar-refractivity contribution in [2.24, 2.45) is 5.73 Å². The molecular weight excluding hydrogens is 229 g/mol. The molecule has 1 aromatic carbocycles. The van der Waals surface area contributed by atoms with Gasteiger partial charge in [-0.15, -0.1) is 0 Å². The molecular formula is C15H18FNO. The Morgan fingerprint density at radius 1 is 1.17 bits per heavy atom. The third-order valence-corrected chi connectivity index (χ3v) is 3.89. The standard InChI is InChI=1S/C15H18FNO/c16-13-7-10(9-17)6-12-8-14(18-15(12)13)11-4-2-1-3-5-11/h6-8,11H,1-5,9,17H2. The van der Waals surface area contributed by atoms with E-state index in [-0.39, 0.29) is 5.82 Å². The van der Waals surface area contributed by atoms with Gasteiger partial charge in [0.05, 0.1) is 0 Å². The highest BCUT2D eigenvalue weighted by Crippen LogP contribution is 2.36. The maximum Gasteiger partial charge on any atom is 0.169 e. The Hall–Kier alpha value is -1.35. The molecule has 1 aliphatic carbocycles. The summed E-state index contributed by atoms with van der Waals surface area (Å²) >= 11 is 0. The molecule has 1 fully saturated rings. The first kappa shape index (κ1) is 11.7. The molecule has 2 aromatic rings. The van der Waals surface area contributed by atoms with E-state index in [0.717, 1.165) is 29.6 Å². The SMILES string of the molecule is NCc1cc(F)c2oc(C3CCCCC3)cc2c1. The molecule has 0 radical (unpaired) electrons. The molecule has 0 aliphatic heterocycles. The second kappa shape index (κ2) is 4.73. The quantitative estimate of drug-likeness (QED) is 0.868. The fourth-order valence-electron chi connectivity index (χ4n) is 2.89. The zero-order valence-corrected chi connectivity index (χ0v) is 10.4. The van der Waals surface area contributed by atoms with Gasteiger partial charge in [-0.25, -0.2) is 4.39 Å². The Balaban J connectivity index is 2.01. The first-order valence-electron chi connectivity index (χ1n) is 6.70. The summed E-state index contributed by atoms with van der Waals surface area (Å²) in [7, 11) is 0. The molecule has 2 N–H and O–H groups in total. The summed E-state index contributed by atoms with van der Waals surface area (Å²) in [5.74, 6) is 1.11. The fourth-order valence-corrected chi connectivity index (χ4v) is 2.89. The summed E-state index contributed by atoms with van der Waals surface area (Å²) in [6.45, 7) is 0.358. The monoisotopic (exact) mass is 247 g/mol. The maximum atomic E-state index is 13.9. The summed E-state index contributed by atoms with van der Waals surface area (Å²) in [6.07, 6.45) is 6.12. The van der Waals surface area contributed by atoms with E-state index in [9.17, 15) is 4.39 Å². The van der Waals surface area contributed by atoms with E-state index in [1.54, 1.807) is 0 Å². The van der Waals surface area contributed by atoms with Crippen LogP contribution < -0.4 is 5.73 Å². The van der Waals surface area contributed by atoms with Crippen LogP contribution in [0.3, 0.4) is 0 Å². The summed E-state index contributed by atoms with van der Waals surface area (Å²) in [6, 6.07) is 5.39. The highest BCUT2D eigenvalue weighted by atomic mass is 19.1. The van der Waals surface area contributed by atoms with Gasteiger partial charge in [-0.05, 0) is 36.6 Å². The van der Waals surface area contributed by atoms with Crippen molar-refractivity contribution in [3.63, 3.8) is 0 Å². The largest absolute Gasteiger partial charge is 0.458 e. The number of halogens is 1. The van der Waals surface area contributed by atoms with Crippen molar-refractivity contribution in [2.75, 3.05) is 0 Å². The minimum absolute atomic E-state index is 0.296. The van der Waals surface area contributed by atoms with Crippen LogP contribution in [-0.4, -0.2) is 0 Å². The average Bonchev–Trinajstić information content (AvgIpc) is 2.84. The van der Waals surface area contributed by atoms with Gasteiger partial charge < -0.3 is 10.2 Å². The fraction of sp³-hybridized carbons (Fsp3) is 0.467. The lowest BCUT2D eigenvalue weighted by Gasteiger charge is -2.18. The van der Waals surface area contributed by atoms with E-state index in [4.69, 9.17) is 10.2 Å². The predicted octanol–water partition coefficient (Wildman–Crippen LogP) is 4.08. The molecule has 1 aromatic heterocycles. The molecule has 2 nitrogen and oxygen atoms in total. The van der Waals surface area contributed by atoms with E-state index in [1.165, 1.54) is 25.3 Å². The molecule has 1 heterocycles. The van der Waals surface area contributed by atoms with Crippen LogP contribution in [0.1, 0.15) is 49.3 Å². The summed E-state index contributed by atoms with van der Waals surface area (Å²) < 4.78 is 19.6. The molecule has 0 saturated heterocycles. The topological polar surface area (TPSA) is 39.2 Å². The van der Waals surface area contributed by atoms with Gasteiger partial charge in [0, 0.05) is 17.8 Å². The highest BCUT2D eigenvalue weighted by Gasteiger charge is 2.20. The highest BCUT2D eigenvalue weighted by molar-refractivity contribution is 5.79.